The topological polar surface area (TPSA) is 69.9 Å². The first-order valence-corrected chi connectivity index (χ1v) is 13.6. The number of benzene rings is 2. The number of anilines is 2. The Kier molecular flexibility index (Phi) is 7.31. The maximum Gasteiger partial charge on any atom is 0.528 e. The molecule has 1 aliphatic heterocycles. The van der Waals surface area contributed by atoms with E-state index >= 15 is 0 Å². The molecule has 1 aromatic heterocycles. The van der Waals surface area contributed by atoms with Crippen molar-refractivity contribution in [2.75, 3.05) is 64.2 Å². The molecular formula is C30H29N8OS+. The fourth-order valence-electron chi connectivity index (χ4n) is 4.76. The van der Waals surface area contributed by atoms with Crippen molar-refractivity contribution in [2.45, 2.75) is 0 Å². The number of quaternary nitrogens is 1. The van der Waals surface area contributed by atoms with Crippen LogP contribution in [0.15, 0.2) is 70.2 Å². The van der Waals surface area contributed by atoms with Gasteiger partial charge in [-0.05, 0) is 35.9 Å². The quantitative estimate of drug-likeness (QED) is 0.162. The zero-order chi connectivity index (χ0) is 28.4. The predicted octanol–water partition coefficient (Wildman–Crippen LogP) is 6.31. The number of piperazine rings is 1. The maximum atomic E-state index is 13.5. The van der Waals surface area contributed by atoms with Crippen LogP contribution in [0.25, 0.3) is 21.3 Å². The Labute approximate surface area is 238 Å². The van der Waals surface area contributed by atoms with Crippen LogP contribution >= 0.6 is 11.3 Å². The second-order valence-corrected chi connectivity index (χ2v) is 11.5. The van der Waals surface area contributed by atoms with Gasteiger partial charge in [0.1, 0.15) is 19.0 Å². The van der Waals surface area contributed by atoms with Crippen molar-refractivity contribution in [3.63, 3.8) is 0 Å². The molecule has 1 fully saturated rings. The van der Waals surface area contributed by atoms with Gasteiger partial charge in [0.2, 0.25) is 5.13 Å². The van der Waals surface area contributed by atoms with Crippen LogP contribution < -0.4 is 9.80 Å². The van der Waals surface area contributed by atoms with Crippen molar-refractivity contribution in [3.05, 3.63) is 98.8 Å². The second-order valence-electron chi connectivity index (χ2n) is 10.5. The van der Waals surface area contributed by atoms with Gasteiger partial charge in [0.15, 0.2) is 5.78 Å². The average molecular weight is 550 g/mol. The van der Waals surface area contributed by atoms with Crippen molar-refractivity contribution in [1.82, 2.24) is 4.98 Å². The Bertz CT molecular complexity index is 1620. The van der Waals surface area contributed by atoms with Crippen molar-refractivity contribution in [2.24, 2.45) is 10.2 Å². The van der Waals surface area contributed by atoms with Crippen LogP contribution in [0.1, 0.15) is 20.8 Å². The summed E-state index contributed by atoms with van der Waals surface area (Å²) in [6, 6.07) is 14.9. The van der Waals surface area contributed by atoms with Crippen LogP contribution in [0.2, 0.25) is 0 Å². The molecule has 40 heavy (non-hydrogen) atoms. The molecule has 5 rings (SSSR count). The van der Waals surface area contributed by atoms with Crippen LogP contribution in [0.5, 0.6) is 0 Å². The Morgan fingerprint density at radius 3 is 2.30 bits per heavy atom. The third kappa shape index (κ3) is 5.28. The molecule has 200 valence electrons. The number of thiazole rings is 1. The first-order valence-electron chi connectivity index (χ1n) is 12.8. The number of rotatable bonds is 5. The molecule has 0 spiro atoms. The van der Waals surface area contributed by atoms with E-state index in [1.54, 1.807) is 24.3 Å². The Balaban J connectivity index is 1.58. The number of aromatic nitrogens is 1. The lowest BCUT2D eigenvalue weighted by Gasteiger charge is -2.39. The number of carbonyl (C=O) groups excluding carboxylic acids is 1. The molecule has 1 aliphatic carbocycles. The van der Waals surface area contributed by atoms with Gasteiger partial charge >= 0.3 is 5.82 Å². The fraction of sp³-hybridized carbons (Fsp3) is 0.267. The van der Waals surface area contributed by atoms with E-state index in [0.717, 1.165) is 47.0 Å². The van der Waals surface area contributed by atoms with E-state index in [-0.39, 0.29) is 11.6 Å². The molecule has 0 saturated carbocycles. The highest BCUT2D eigenvalue weighted by molar-refractivity contribution is 7.16. The van der Waals surface area contributed by atoms with Gasteiger partial charge < -0.3 is 14.3 Å². The second kappa shape index (κ2) is 10.9. The van der Waals surface area contributed by atoms with Gasteiger partial charge in [0.05, 0.1) is 56.4 Å². The molecule has 0 amide bonds. The minimum absolute atomic E-state index is 0.117. The summed E-state index contributed by atoms with van der Waals surface area (Å²) in [6.07, 6.45) is 1.78. The molecule has 0 bridgehead atoms. The number of ketones is 1. The van der Waals surface area contributed by atoms with Crippen molar-refractivity contribution < 1.29 is 9.28 Å². The SMILES string of the molecule is [C-]#[N+]C([N+]#[C-])=C1/C(=C/c2sc(N=Nc3ccc(N(C)C)cc3)nc2N2CC[N+](C)(C)CC2)C(=O)c2ccccc21. The summed E-state index contributed by atoms with van der Waals surface area (Å²) in [6.45, 7) is 18.7. The highest BCUT2D eigenvalue weighted by atomic mass is 32.1. The van der Waals surface area contributed by atoms with Gasteiger partial charge in [-0.3, -0.25) is 4.79 Å². The van der Waals surface area contributed by atoms with E-state index in [1.807, 2.05) is 49.3 Å². The smallest absolute Gasteiger partial charge is 0.378 e. The van der Waals surface area contributed by atoms with E-state index in [9.17, 15) is 4.79 Å². The van der Waals surface area contributed by atoms with Crippen LogP contribution in [0, 0.1) is 13.1 Å². The third-order valence-corrected chi connectivity index (χ3v) is 8.03. The molecule has 10 heteroatoms. The number of fused-ring (bicyclic) bond motifs is 1. The normalized spacial score (nSPS) is 17.1. The zero-order valence-corrected chi connectivity index (χ0v) is 23.7. The van der Waals surface area contributed by atoms with E-state index in [0.29, 0.717) is 33.1 Å². The lowest BCUT2D eigenvalue weighted by atomic mass is 10.0. The summed E-state index contributed by atoms with van der Waals surface area (Å²) in [7, 11) is 8.39. The number of azo groups is 1. The van der Waals surface area contributed by atoms with Crippen molar-refractivity contribution >= 4 is 51.1 Å². The van der Waals surface area contributed by atoms with E-state index in [1.165, 1.54) is 11.3 Å². The van der Waals surface area contributed by atoms with Gasteiger partial charge in [0.25, 0.3) is 0 Å². The third-order valence-electron chi connectivity index (χ3n) is 7.16. The molecule has 3 aromatic rings. The Morgan fingerprint density at radius 1 is 1.02 bits per heavy atom. The van der Waals surface area contributed by atoms with E-state index < -0.39 is 0 Å². The maximum absolute atomic E-state index is 13.5. The molecular weight excluding hydrogens is 520 g/mol. The molecule has 1 saturated heterocycles. The Morgan fingerprint density at radius 2 is 1.68 bits per heavy atom. The molecule has 2 heterocycles. The van der Waals surface area contributed by atoms with Gasteiger partial charge in [-0.25, -0.2) is 0 Å². The number of nitrogens with zero attached hydrogens (tertiary/aromatic N) is 8. The highest BCUT2D eigenvalue weighted by Gasteiger charge is 2.36. The summed E-state index contributed by atoms with van der Waals surface area (Å²) in [5, 5.41) is 9.32. The average Bonchev–Trinajstić information content (AvgIpc) is 3.47. The van der Waals surface area contributed by atoms with Crippen LogP contribution in [-0.2, 0) is 0 Å². The molecule has 2 aliphatic rings. The van der Waals surface area contributed by atoms with Crippen LogP contribution in [-0.4, -0.2) is 69.6 Å². The monoisotopic (exact) mass is 549 g/mol. The number of Topliss-reactive ketones (excluding diaryl/α,β-unsaturated/α-hetero) is 1. The standard InChI is InChI=1S/C30H29N8OS/c1-31-28(32-2)26-22-9-7-8-10-23(22)27(39)24(26)19-25-29(37-15-17-38(5,6)18-16-37)33-30(40-25)35-34-20-11-13-21(14-12-20)36(3)4/h7-14,19H,15-18H2,3-6H3/q+1/b24-19-,35-34?. The minimum Gasteiger partial charge on any atom is -0.378 e. The summed E-state index contributed by atoms with van der Waals surface area (Å²) < 4.78 is 0.923. The highest BCUT2D eigenvalue weighted by Crippen LogP contribution is 2.43. The first-order chi connectivity index (χ1) is 19.2. The fourth-order valence-corrected chi connectivity index (χ4v) is 5.61. The summed E-state index contributed by atoms with van der Waals surface area (Å²) in [4.78, 5) is 30.3. The van der Waals surface area contributed by atoms with Crippen LogP contribution in [0.4, 0.5) is 22.3 Å². The van der Waals surface area contributed by atoms with E-state index in [4.69, 9.17) is 18.1 Å². The van der Waals surface area contributed by atoms with Gasteiger partial charge in [-0.1, -0.05) is 35.6 Å². The van der Waals surface area contributed by atoms with Gasteiger partial charge in [0, 0.05) is 30.9 Å². The number of likely N-dealkylation sites (N-methyl/N-ethyl adjacent to an activating group) is 1. The lowest BCUT2D eigenvalue weighted by molar-refractivity contribution is -0.890. The van der Waals surface area contributed by atoms with Crippen molar-refractivity contribution in [1.29, 1.82) is 0 Å². The summed E-state index contributed by atoms with van der Waals surface area (Å²) in [5.74, 6) is 0.424. The minimum atomic E-state index is -0.199. The predicted molar refractivity (Wildman–Crippen MR) is 160 cm³/mol. The van der Waals surface area contributed by atoms with Crippen LogP contribution in [0.3, 0.4) is 0 Å². The Hall–Kier alpha value is -4.64. The van der Waals surface area contributed by atoms with Gasteiger partial charge in [-0.2, -0.15) is 14.7 Å². The zero-order valence-electron chi connectivity index (χ0n) is 22.9. The lowest BCUT2D eigenvalue weighted by Crippen LogP contribution is -2.55. The molecule has 0 N–H and O–H groups in total. The molecule has 0 unspecified atom stereocenters. The summed E-state index contributed by atoms with van der Waals surface area (Å²) >= 11 is 1.34. The van der Waals surface area contributed by atoms with Crippen molar-refractivity contribution in [3.8, 4) is 0 Å². The first kappa shape index (κ1) is 26.9. The number of hydrogen-bond acceptors (Lipinski definition) is 7. The largest absolute Gasteiger partial charge is 0.528 e. The number of carbonyl (C=O) groups is 1. The number of allylic oxidation sites excluding steroid dienone is 2. The van der Waals surface area contributed by atoms with E-state index in [2.05, 4.69) is 38.9 Å². The molecule has 0 atom stereocenters. The number of hydrogen-bond donors (Lipinski definition) is 0. The molecule has 9 nitrogen and oxygen atoms in total. The van der Waals surface area contributed by atoms with Gasteiger partial charge in [-0.15, -0.1) is 10.2 Å². The molecule has 2 aromatic carbocycles. The summed E-state index contributed by atoms with van der Waals surface area (Å²) in [5.41, 5.74) is 3.61. The molecule has 0 radical (unpaired) electrons.